The Morgan fingerprint density at radius 3 is 2.38 bits per heavy atom. The zero-order chi connectivity index (χ0) is 18.4. The molecule has 1 aliphatic heterocycles. The molecule has 3 heteroatoms. The summed E-state index contributed by atoms with van der Waals surface area (Å²) in [5.74, 6) is 0.929. The Hall–Kier alpha value is -2.13. The van der Waals surface area contributed by atoms with E-state index in [4.69, 9.17) is 0 Å². The molecule has 2 aromatic carbocycles. The number of amides is 1. The van der Waals surface area contributed by atoms with Crippen LogP contribution >= 0.6 is 0 Å². The van der Waals surface area contributed by atoms with Crippen LogP contribution in [0, 0.1) is 12.8 Å². The summed E-state index contributed by atoms with van der Waals surface area (Å²) in [6.45, 7) is 8.34. The first-order chi connectivity index (χ1) is 12.6. The molecular weight excluding hydrogens is 320 g/mol. The normalized spacial score (nSPS) is 15.8. The average molecular weight is 351 g/mol. The van der Waals surface area contributed by atoms with Crippen LogP contribution in [0.2, 0.25) is 0 Å². The third-order valence-electron chi connectivity index (χ3n) is 5.35. The van der Waals surface area contributed by atoms with Crippen molar-refractivity contribution in [1.82, 2.24) is 10.2 Å². The number of carbonyl (C=O) groups is 1. The number of hydrogen-bond acceptors (Lipinski definition) is 2. The largest absolute Gasteiger partial charge is 0.352 e. The van der Waals surface area contributed by atoms with Gasteiger partial charge in [0.15, 0.2) is 0 Å². The number of benzene rings is 2. The van der Waals surface area contributed by atoms with Crippen molar-refractivity contribution in [3.8, 4) is 0 Å². The zero-order valence-electron chi connectivity index (χ0n) is 16.0. The van der Waals surface area contributed by atoms with E-state index in [1.54, 1.807) is 0 Å². The van der Waals surface area contributed by atoms with Gasteiger partial charge in [-0.1, -0.05) is 61.0 Å². The molecule has 0 bridgehead atoms. The van der Waals surface area contributed by atoms with Crippen LogP contribution in [0.15, 0.2) is 48.5 Å². The second kappa shape index (κ2) is 9.00. The maximum atomic E-state index is 12.3. The summed E-state index contributed by atoms with van der Waals surface area (Å²) in [7, 11) is 0. The predicted molar refractivity (Wildman–Crippen MR) is 107 cm³/mol. The topological polar surface area (TPSA) is 32.3 Å². The molecule has 1 N–H and O–H groups in total. The third-order valence-corrected chi connectivity index (χ3v) is 5.35. The van der Waals surface area contributed by atoms with E-state index in [0.29, 0.717) is 13.0 Å². The van der Waals surface area contributed by atoms with E-state index >= 15 is 0 Å². The van der Waals surface area contributed by atoms with Gasteiger partial charge in [0.1, 0.15) is 0 Å². The molecule has 0 atom stereocenters. The van der Waals surface area contributed by atoms with Crippen LogP contribution in [0.3, 0.4) is 0 Å². The van der Waals surface area contributed by atoms with Gasteiger partial charge in [0.05, 0.1) is 6.42 Å². The van der Waals surface area contributed by atoms with E-state index in [0.717, 1.165) is 18.0 Å². The van der Waals surface area contributed by atoms with Gasteiger partial charge in [-0.2, -0.15) is 0 Å². The van der Waals surface area contributed by atoms with Crippen LogP contribution < -0.4 is 5.32 Å². The molecule has 0 saturated carbocycles. The molecule has 3 rings (SSSR count). The maximum absolute atomic E-state index is 12.3. The van der Waals surface area contributed by atoms with E-state index < -0.39 is 0 Å². The van der Waals surface area contributed by atoms with Crippen molar-refractivity contribution < 1.29 is 4.79 Å². The van der Waals surface area contributed by atoms with Gasteiger partial charge in [0.25, 0.3) is 0 Å². The lowest BCUT2D eigenvalue weighted by Crippen LogP contribution is -2.33. The quantitative estimate of drug-likeness (QED) is 0.851. The minimum atomic E-state index is 0.0791. The van der Waals surface area contributed by atoms with Gasteiger partial charge in [-0.05, 0) is 55.5 Å². The molecular formula is C23H30N2O. The number of rotatable bonds is 6. The first-order valence-corrected chi connectivity index (χ1v) is 9.71. The Labute approximate surface area is 157 Å². The van der Waals surface area contributed by atoms with Crippen LogP contribution in [0.1, 0.15) is 42.0 Å². The molecule has 1 amide bonds. The van der Waals surface area contributed by atoms with Crippen LogP contribution in [0.25, 0.3) is 0 Å². The lowest BCUT2D eigenvalue weighted by atomic mass is 9.98. The Kier molecular flexibility index (Phi) is 6.45. The lowest BCUT2D eigenvalue weighted by molar-refractivity contribution is -0.120. The fourth-order valence-corrected chi connectivity index (χ4v) is 3.49. The van der Waals surface area contributed by atoms with Gasteiger partial charge in [-0.15, -0.1) is 0 Å². The molecule has 3 nitrogen and oxygen atoms in total. The van der Waals surface area contributed by atoms with Gasteiger partial charge in [-0.3, -0.25) is 9.69 Å². The first kappa shape index (κ1) is 18.7. The number of likely N-dealkylation sites (tertiary alicyclic amines) is 1. The maximum Gasteiger partial charge on any atom is 0.224 e. The fourth-order valence-electron chi connectivity index (χ4n) is 3.49. The van der Waals surface area contributed by atoms with Gasteiger partial charge in [0.2, 0.25) is 5.91 Å². The van der Waals surface area contributed by atoms with Crippen molar-refractivity contribution in [1.29, 1.82) is 0 Å². The number of carbonyl (C=O) groups excluding carboxylic acids is 1. The fraction of sp³-hybridized carbons (Fsp3) is 0.435. The number of nitrogens with one attached hydrogen (secondary N) is 1. The summed E-state index contributed by atoms with van der Waals surface area (Å²) >= 11 is 0. The second-order valence-corrected chi connectivity index (χ2v) is 7.67. The molecule has 0 radical (unpaired) electrons. The molecule has 0 aliphatic carbocycles. The highest BCUT2D eigenvalue weighted by Crippen LogP contribution is 2.19. The molecule has 0 aromatic heterocycles. The van der Waals surface area contributed by atoms with E-state index in [-0.39, 0.29) is 5.91 Å². The minimum absolute atomic E-state index is 0.0791. The Morgan fingerprint density at radius 2 is 1.69 bits per heavy atom. The molecule has 1 fully saturated rings. The van der Waals surface area contributed by atoms with E-state index in [1.165, 1.54) is 42.6 Å². The van der Waals surface area contributed by atoms with Crippen molar-refractivity contribution in [3.05, 3.63) is 70.8 Å². The summed E-state index contributed by atoms with van der Waals surface area (Å²) in [6.07, 6.45) is 3.01. The van der Waals surface area contributed by atoms with Crippen LogP contribution in [-0.4, -0.2) is 23.9 Å². The number of piperidine rings is 1. The Balaban J connectivity index is 1.54. The van der Waals surface area contributed by atoms with Crippen molar-refractivity contribution in [3.63, 3.8) is 0 Å². The van der Waals surface area contributed by atoms with E-state index in [1.807, 2.05) is 12.1 Å². The van der Waals surface area contributed by atoms with Crippen LogP contribution in [-0.2, 0) is 24.3 Å². The summed E-state index contributed by atoms with van der Waals surface area (Å²) in [5.41, 5.74) is 4.83. The SMILES string of the molecule is Cc1ccc(CC(=O)NCc2ccccc2CN2CCC(C)CC2)cc1. The highest BCUT2D eigenvalue weighted by atomic mass is 16.1. The van der Waals surface area contributed by atoms with E-state index in [2.05, 4.69) is 60.5 Å². The number of nitrogens with zero attached hydrogens (tertiary/aromatic N) is 1. The second-order valence-electron chi connectivity index (χ2n) is 7.67. The first-order valence-electron chi connectivity index (χ1n) is 9.71. The molecule has 1 aliphatic rings. The Morgan fingerprint density at radius 1 is 1.04 bits per heavy atom. The van der Waals surface area contributed by atoms with Crippen LogP contribution in [0.4, 0.5) is 0 Å². The van der Waals surface area contributed by atoms with Gasteiger partial charge < -0.3 is 5.32 Å². The van der Waals surface area contributed by atoms with Crippen molar-refractivity contribution in [2.75, 3.05) is 13.1 Å². The van der Waals surface area contributed by atoms with Gasteiger partial charge >= 0.3 is 0 Å². The molecule has 26 heavy (non-hydrogen) atoms. The number of aryl methyl sites for hydroxylation is 1. The Bertz CT molecular complexity index is 715. The minimum Gasteiger partial charge on any atom is -0.352 e. The highest BCUT2D eigenvalue weighted by molar-refractivity contribution is 5.78. The monoisotopic (exact) mass is 350 g/mol. The van der Waals surface area contributed by atoms with Crippen molar-refractivity contribution in [2.24, 2.45) is 5.92 Å². The lowest BCUT2D eigenvalue weighted by Gasteiger charge is -2.30. The molecule has 1 saturated heterocycles. The predicted octanol–water partition coefficient (Wildman–Crippen LogP) is 4.09. The highest BCUT2D eigenvalue weighted by Gasteiger charge is 2.16. The van der Waals surface area contributed by atoms with Gasteiger partial charge in [0, 0.05) is 13.1 Å². The molecule has 138 valence electrons. The smallest absolute Gasteiger partial charge is 0.224 e. The van der Waals surface area contributed by atoms with Crippen molar-refractivity contribution >= 4 is 5.91 Å². The summed E-state index contributed by atoms with van der Waals surface area (Å²) in [4.78, 5) is 14.8. The molecule has 0 spiro atoms. The third kappa shape index (κ3) is 5.43. The van der Waals surface area contributed by atoms with Gasteiger partial charge in [-0.25, -0.2) is 0 Å². The standard InChI is InChI=1S/C23H30N2O/c1-18-7-9-20(10-8-18)15-23(26)24-16-21-5-3-4-6-22(21)17-25-13-11-19(2)12-14-25/h3-10,19H,11-17H2,1-2H3,(H,24,26). The summed E-state index contributed by atoms with van der Waals surface area (Å²) in [5, 5.41) is 3.09. The van der Waals surface area contributed by atoms with Crippen molar-refractivity contribution in [2.45, 2.75) is 46.2 Å². The van der Waals surface area contributed by atoms with Crippen LogP contribution in [0.5, 0.6) is 0 Å². The molecule has 2 aromatic rings. The number of hydrogen-bond donors (Lipinski definition) is 1. The zero-order valence-corrected chi connectivity index (χ0v) is 16.0. The summed E-state index contributed by atoms with van der Waals surface area (Å²) < 4.78 is 0. The van der Waals surface area contributed by atoms with E-state index in [9.17, 15) is 4.79 Å². The molecule has 0 unspecified atom stereocenters. The molecule has 1 heterocycles. The average Bonchev–Trinajstić information content (AvgIpc) is 2.65. The summed E-state index contributed by atoms with van der Waals surface area (Å²) in [6, 6.07) is 16.6.